The second-order valence-corrected chi connectivity index (χ2v) is 8.76. The summed E-state index contributed by atoms with van der Waals surface area (Å²) >= 11 is 0. The van der Waals surface area contributed by atoms with E-state index in [9.17, 15) is 19.1 Å². The van der Waals surface area contributed by atoms with Crippen molar-refractivity contribution in [2.24, 2.45) is 0 Å². The van der Waals surface area contributed by atoms with E-state index < -0.39 is 11.6 Å². The number of fused-ring (bicyclic) bond motifs is 2. The maximum atomic E-state index is 14.6. The average Bonchev–Trinajstić information content (AvgIpc) is 3.24. The van der Waals surface area contributed by atoms with E-state index in [-0.39, 0.29) is 11.4 Å². The minimum atomic E-state index is -0.914. The van der Waals surface area contributed by atoms with Gasteiger partial charge in [0.1, 0.15) is 11.4 Å². The second kappa shape index (κ2) is 9.30. The maximum absolute atomic E-state index is 14.6. The fraction of sp³-hybridized carbons (Fsp3) is 0.308. The van der Waals surface area contributed by atoms with Gasteiger partial charge in [0.05, 0.1) is 11.3 Å². The van der Waals surface area contributed by atoms with E-state index in [0.29, 0.717) is 16.6 Å². The van der Waals surface area contributed by atoms with Crippen LogP contribution in [0.5, 0.6) is 0 Å². The Morgan fingerprint density at radius 3 is 2.68 bits per heavy atom. The highest BCUT2D eigenvalue weighted by atomic mass is 19.1. The molecule has 5 rings (SSSR count). The largest absolute Gasteiger partial charge is 0.478 e. The number of aryl methyl sites for hydroxylation is 1. The number of carbonyl (C=O) groups is 1. The van der Waals surface area contributed by atoms with Gasteiger partial charge in [-0.3, -0.25) is 4.90 Å². The number of carboxylic acids is 1. The first-order valence-electron chi connectivity index (χ1n) is 11.5. The minimum Gasteiger partial charge on any atom is -0.478 e. The molecule has 0 spiro atoms. The van der Waals surface area contributed by atoms with Crippen LogP contribution in [0.3, 0.4) is 0 Å². The summed E-state index contributed by atoms with van der Waals surface area (Å²) in [6, 6.07) is 11.2. The number of aromatic carboxylic acids is 1. The van der Waals surface area contributed by atoms with Crippen LogP contribution in [0.1, 0.15) is 28.8 Å². The lowest BCUT2D eigenvalue weighted by Crippen LogP contribution is -2.46. The summed E-state index contributed by atoms with van der Waals surface area (Å²) in [5.41, 5.74) is 2.73. The molecular weight excluding hydrogens is 437 g/mol. The lowest BCUT2D eigenvalue weighted by Gasteiger charge is -2.36. The smallest absolute Gasteiger partial charge is 0.336 e. The molecule has 2 N–H and O–H groups in total. The normalized spacial score (nSPS) is 14.8. The lowest BCUT2D eigenvalue weighted by molar-refractivity contribution is 0.0697. The van der Waals surface area contributed by atoms with Crippen LogP contribution in [0.4, 0.5) is 10.1 Å². The number of aromatic amines is 1. The molecule has 2 aromatic carbocycles. The number of unbranched alkanes of at least 4 members (excludes halogenated alkanes) is 1. The number of nitrogens with one attached hydrogen (secondary N) is 1. The number of halogens is 1. The lowest BCUT2D eigenvalue weighted by atomic mass is 10.0. The van der Waals surface area contributed by atoms with E-state index in [2.05, 4.69) is 9.88 Å². The first kappa shape index (κ1) is 22.2. The summed E-state index contributed by atoms with van der Waals surface area (Å²) < 4.78 is 19.7. The number of carboxylic acid groups (broad SMARTS) is 1. The third-order valence-corrected chi connectivity index (χ3v) is 6.59. The predicted molar refractivity (Wildman–Crippen MR) is 129 cm³/mol. The van der Waals surface area contributed by atoms with Crippen molar-refractivity contribution in [3.05, 3.63) is 76.0 Å². The Hall–Kier alpha value is -3.65. The molecule has 1 fully saturated rings. The fourth-order valence-electron chi connectivity index (χ4n) is 4.70. The number of nitrogens with zero attached hydrogens (tertiary/aromatic N) is 2. The molecular formula is C26H26FN3O4. The highest BCUT2D eigenvalue weighted by Gasteiger charge is 2.20. The summed E-state index contributed by atoms with van der Waals surface area (Å²) in [4.78, 5) is 30.3. The van der Waals surface area contributed by atoms with E-state index in [0.717, 1.165) is 68.5 Å². The van der Waals surface area contributed by atoms with Gasteiger partial charge in [0.15, 0.2) is 0 Å². The quantitative estimate of drug-likeness (QED) is 0.315. The molecule has 176 valence electrons. The standard InChI is InChI=1S/C26H26FN3O4/c27-21-15-24-17(5-7-25(31)34-24)14-23(21)30-11-9-29(10-12-30)8-2-1-3-19-16-28-22-6-4-18(26(32)33)13-20(19)22/h4-7,13-16,28H,1-3,8-12H2,(H,32,33). The Morgan fingerprint density at radius 2 is 1.88 bits per heavy atom. The molecule has 0 unspecified atom stereocenters. The van der Waals surface area contributed by atoms with Crippen molar-refractivity contribution in [3.63, 3.8) is 0 Å². The van der Waals surface area contributed by atoms with Crippen molar-refractivity contribution in [1.29, 1.82) is 0 Å². The highest BCUT2D eigenvalue weighted by Crippen LogP contribution is 2.26. The summed E-state index contributed by atoms with van der Waals surface area (Å²) in [5, 5.41) is 10.9. The maximum Gasteiger partial charge on any atom is 0.336 e. The molecule has 1 aliphatic heterocycles. The van der Waals surface area contributed by atoms with Gasteiger partial charge in [0.25, 0.3) is 0 Å². The molecule has 0 atom stereocenters. The molecule has 2 aromatic heterocycles. The van der Waals surface area contributed by atoms with Gasteiger partial charge in [0.2, 0.25) is 0 Å². The zero-order chi connectivity index (χ0) is 23.7. The third-order valence-electron chi connectivity index (χ3n) is 6.59. The molecule has 34 heavy (non-hydrogen) atoms. The topological polar surface area (TPSA) is 89.8 Å². The Labute approximate surface area is 195 Å². The first-order valence-corrected chi connectivity index (χ1v) is 11.5. The SMILES string of the molecule is O=C(O)c1ccc2[nH]cc(CCCCN3CCN(c4cc5ccc(=O)oc5cc4F)CC3)c2c1. The number of benzene rings is 2. The van der Waals surface area contributed by atoms with Gasteiger partial charge in [-0.15, -0.1) is 0 Å². The van der Waals surface area contributed by atoms with Gasteiger partial charge >= 0.3 is 11.6 Å². The predicted octanol–water partition coefficient (Wildman–Crippen LogP) is 4.26. The molecule has 0 amide bonds. The molecule has 7 nitrogen and oxygen atoms in total. The third kappa shape index (κ3) is 4.54. The molecule has 0 radical (unpaired) electrons. The molecule has 3 heterocycles. The van der Waals surface area contributed by atoms with Crippen molar-refractivity contribution in [2.75, 3.05) is 37.6 Å². The van der Waals surface area contributed by atoms with Gasteiger partial charge in [-0.05, 0) is 61.7 Å². The zero-order valence-electron chi connectivity index (χ0n) is 18.7. The number of piperazine rings is 1. The van der Waals surface area contributed by atoms with Gasteiger partial charge in [-0.25, -0.2) is 14.0 Å². The van der Waals surface area contributed by atoms with Gasteiger partial charge < -0.3 is 19.4 Å². The first-order chi connectivity index (χ1) is 16.5. The van der Waals surface area contributed by atoms with Crippen LogP contribution in [0.2, 0.25) is 0 Å². The van der Waals surface area contributed by atoms with Crippen LogP contribution < -0.4 is 10.5 Å². The Balaban J connectivity index is 1.13. The molecule has 4 aromatic rings. The molecule has 0 aliphatic carbocycles. The molecule has 0 saturated carbocycles. The van der Waals surface area contributed by atoms with Crippen LogP contribution in [0, 0.1) is 5.82 Å². The number of anilines is 1. The molecule has 1 aliphatic rings. The zero-order valence-corrected chi connectivity index (χ0v) is 18.7. The summed E-state index contributed by atoms with van der Waals surface area (Å²) in [7, 11) is 0. The number of H-pyrrole nitrogens is 1. The second-order valence-electron chi connectivity index (χ2n) is 8.76. The summed E-state index contributed by atoms with van der Waals surface area (Å²) in [6.45, 7) is 4.16. The average molecular weight is 464 g/mol. The van der Waals surface area contributed by atoms with E-state index in [4.69, 9.17) is 4.42 Å². The van der Waals surface area contributed by atoms with E-state index >= 15 is 0 Å². The van der Waals surface area contributed by atoms with Gasteiger partial charge in [-0.1, -0.05) is 0 Å². The van der Waals surface area contributed by atoms with Crippen molar-refractivity contribution in [2.45, 2.75) is 19.3 Å². The molecule has 8 heteroatoms. The summed E-state index contributed by atoms with van der Waals surface area (Å²) in [5.74, 6) is -1.29. The van der Waals surface area contributed by atoms with E-state index in [1.807, 2.05) is 17.2 Å². The number of rotatable bonds is 7. The van der Waals surface area contributed by atoms with E-state index in [1.165, 1.54) is 12.1 Å². The van der Waals surface area contributed by atoms with Crippen LogP contribution in [-0.2, 0) is 6.42 Å². The summed E-state index contributed by atoms with van der Waals surface area (Å²) in [6.07, 6.45) is 4.91. The Bertz CT molecular complexity index is 1400. The van der Waals surface area contributed by atoms with Gasteiger partial charge in [0, 0.05) is 60.8 Å². The van der Waals surface area contributed by atoms with Crippen molar-refractivity contribution in [3.8, 4) is 0 Å². The molecule has 0 bridgehead atoms. The van der Waals surface area contributed by atoms with Crippen LogP contribution in [0.25, 0.3) is 21.9 Å². The van der Waals surface area contributed by atoms with Crippen molar-refractivity contribution < 1.29 is 18.7 Å². The monoisotopic (exact) mass is 463 g/mol. The van der Waals surface area contributed by atoms with Crippen LogP contribution >= 0.6 is 0 Å². The Morgan fingerprint density at radius 1 is 1.06 bits per heavy atom. The number of hydrogen-bond donors (Lipinski definition) is 2. The Kier molecular flexibility index (Phi) is 6.06. The number of aromatic nitrogens is 1. The van der Waals surface area contributed by atoms with E-state index in [1.54, 1.807) is 24.3 Å². The minimum absolute atomic E-state index is 0.266. The van der Waals surface area contributed by atoms with Crippen LogP contribution in [0.15, 0.2) is 57.9 Å². The van der Waals surface area contributed by atoms with Crippen molar-refractivity contribution >= 4 is 33.5 Å². The number of hydrogen-bond acceptors (Lipinski definition) is 5. The van der Waals surface area contributed by atoms with Crippen LogP contribution in [-0.4, -0.2) is 53.7 Å². The van der Waals surface area contributed by atoms with Crippen molar-refractivity contribution in [1.82, 2.24) is 9.88 Å². The highest BCUT2D eigenvalue weighted by molar-refractivity contribution is 5.94. The van der Waals surface area contributed by atoms with Gasteiger partial charge in [-0.2, -0.15) is 0 Å². The molecule has 1 saturated heterocycles. The fourth-order valence-corrected chi connectivity index (χ4v) is 4.70.